The first-order valence-corrected chi connectivity index (χ1v) is 8.20. The Kier molecular flexibility index (Phi) is 4.75. The van der Waals surface area contributed by atoms with Crippen LogP contribution in [0.1, 0.15) is 29.8 Å². The number of carbonyl (C=O) groups is 1. The molecule has 0 spiro atoms. The molecule has 0 aliphatic carbocycles. The monoisotopic (exact) mass is 354 g/mol. The van der Waals surface area contributed by atoms with E-state index in [1.165, 1.54) is 6.07 Å². The number of nitrogens with zero attached hydrogens (tertiary/aromatic N) is 2. The first kappa shape index (κ1) is 17.7. The fraction of sp³-hybridized carbons (Fsp3) is 0.200. The van der Waals surface area contributed by atoms with E-state index in [9.17, 15) is 14.3 Å². The summed E-state index contributed by atoms with van der Waals surface area (Å²) in [6.07, 6.45) is -1.21. The third kappa shape index (κ3) is 3.18. The molecule has 1 atom stereocenters. The highest BCUT2D eigenvalue weighted by Gasteiger charge is 2.31. The quantitative estimate of drug-likeness (QED) is 0.686. The molecule has 2 aromatic carbocycles. The van der Waals surface area contributed by atoms with E-state index in [0.717, 1.165) is 10.5 Å². The summed E-state index contributed by atoms with van der Waals surface area (Å²) in [4.78, 5) is 13.1. The lowest BCUT2D eigenvalue weighted by Gasteiger charge is -2.27. The largest absolute Gasteiger partial charge is 0.465 e. The van der Waals surface area contributed by atoms with Crippen molar-refractivity contribution in [3.05, 3.63) is 71.2 Å². The van der Waals surface area contributed by atoms with Crippen molar-refractivity contribution in [2.45, 2.75) is 26.8 Å². The van der Waals surface area contributed by atoms with Crippen molar-refractivity contribution >= 4 is 11.8 Å². The summed E-state index contributed by atoms with van der Waals surface area (Å²) in [6, 6.07) is 12.9. The van der Waals surface area contributed by atoms with E-state index in [4.69, 9.17) is 4.52 Å². The molecule has 0 radical (unpaired) electrons. The number of anilines is 1. The Morgan fingerprint density at radius 1 is 1.15 bits per heavy atom. The number of hydrogen-bond donors (Lipinski definition) is 1. The van der Waals surface area contributed by atoms with Crippen LogP contribution in [-0.2, 0) is 0 Å². The van der Waals surface area contributed by atoms with Gasteiger partial charge in [0.05, 0.1) is 6.04 Å². The van der Waals surface area contributed by atoms with E-state index in [1.807, 2.05) is 31.2 Å². The van der Waals surface area contributed by atoms with E-state index in [1.54, 1.807) is 32.0 Å². The van der Waals surface area contributed by atoms with Gasteiger partial charge in [0, 0.05) is 11.1 Å². The molecule has 26 heavy (non-hydrogen) atoms. The number of carboxylic acid groups (broad SMARTS) is 1. The minimum Gasteiger partial charge on any atom is -0.465 e. The Hall–Kier alpha value is -3.15. The number of aryl methyl sites for hydroxylation is 2. The number of halogens is 1. The van der Waals surface area contributed by atoms with E-state index in [0.29, 0.717) is 22.7 Å². The standard InChI is InChI=1S/C20H19FN2O3/c1-12-8-10-15(11-9-12)19-18(13(2)22-26-19)23(20(24)25)14(3)16-6-4-5-7-17(16)21/h4-11,14H,1-3H3,(H,24,25). The average molecular weight is 354 g/mol. The van der Waals surface area contributed by atoms with Crippen molar-refractivity contribution in [2.75, 3.05) is 4.90 Å². The fourth-order valence-corrected chi connectivity index (χ4v) is 2.95. The molecule has 1 amide bonds. The molecule has 0 aliphatic heterocycles. The Labute approximate surface area is 150 Å². The lowest BCUT2D eigenvalue weighted by Crippen LogP contribution is -2.33. The predicted molar refractivity (Wildman–Crippen MR) is 96.7 cm³/mol. The van der Waals surface area contributed by atoms with Crippen LogP contribution in [0.4, 0.5) is 14.9 Å². The fourth-order valence-electron chi connectivity index (χ4n) is 2.95. The molecule has 0 saturated carbocycles. The van der Waals surface area contributed by atoms with Crippen molar-refractivity contribution in [1.82, 2.24) is 5.16 Å². The second-order valence-electron chi connectivity index (χ2n) is 6.16. The third-order valence-corrected chi connectivity index (χ3v) is 4.33. The van der Waals surface area contributed by atoms with Gasteiger partial charge in [-0.15, -0.1) is 0 Å². The van der Waals surface area contributed by atoms with Crippen LogP contribution in [0.15, 0.2) is 53.1 Å². The maximum atomic E-state index is 14.2. The van der Waals surface area contributed by atoms with Crippen molar-refractivity contribution < 1.29 is 18.8 Å². The van der Waals surface area contributed by atoms with Crippen LogP contribution in [0.3, 0.4) is 0 Å². The van der Waals surface area contributed by atoms with Crippen LogP contribution in [0, 0.1) is 19.7 Å². The Bertz CT molecular complexity index is 934. The van der Waals surface area contributed by atoms with Gasteiger partial charge in [0.25, 0.3) is 0 Å². The van der Waals surface area contributed by atoms with E-state index >= 15 is 0 Å². The highest BCUT2D eigenvalue weighted by molar-refractivity contribution is 5.93. The summed E-state index contributed by atoms with van der Waals surface area (Å²) >= 11 is 0. The highest BCUT2D eigenvalue weighted by atomic mass is 19.1. The normalized spacial score (nSPS) is 12.0. The minimum atomic E-state index is -1.21. The van der Waals surface area contributed by atoms with Gasteiger partial charge in [-0.3, -0.25) is 4.90 Å². The summed E-state index contributed by atoms with van der Waals surface area (Å²) in [5, 5.41) is 13.8. The van der Waals surface area contributed by atoms with Gasteiger partial charge < -0.3 is 9.63 Å². The molecule has 0 bridgehead atoms. The van der Waals surface area contributed by atoms with Gasteiger partial charge in [-0.05, 0) is 26.8 Å². The van der Waals surface area contributed by atoms with Crippen molar-refractivity contribution in [2.24, 2.45) is 0 Å². The molecule has 1 unspecified atom stereocenters. The maximum Gasteiger partial charge on any atom is 0.412 e. The van der Waals surface area contributed by atoms with E-state index in [-0.39, 0.29) is 5.56 Å². The predicted octanol–water partition coefficient (Wildman–Crippen LogP) is 5.34. The molecule has 6 heteroatoms. The van der Waals surface area contributed by atoms with Gasteiger partial charge >= 0.3 is 6.09 Å². The Morgan fingerprint density at radius 3 is 2.42 bits per heavy atom. The summed E-state index contributed by atoms with van der Waals surface area (Å²) in [5.74, 6) is -0.120. The Balaban J connectivity index is 2.13. The molecule has 3 aromatic rings. The molecule has 0 saturated heterocycles. The molecule has 0 aliphatic rings. The van der Waals surface area contributed by atoms with Gasteiger partial charge in [0.15, 0.2) is 5.76 Å². The summed E-state index contributed by atoms with van der Waals surface area (Å²) in [7, 11) is 0. The molecule has 1 aromatic heterocycles. The molecule has 5 nitrogen and oxygen atoms in total. The Morgan fingerprint density at radius 2 is 1.81 bits per heavy atom. The molecule has 0 fully saturated rings. The van der Waals surface area contributed by atoms with Crippen LogP contribution >= 0.6 is 0 Å². The summed E-state index contributed by atoms with van der Waals surface area (Å²) in [5.41, 5.74) is 2.80. The lowest BCUT2D eigenvalue weighted by atomic mass is 10.0. The number of amides is 1. The van der Waals surface area contributed by atoms with Gasteiger partial charge in [0.2, 0.25) is 0 Å². The first-order valence-electron chi connectivity index (χ1n) is 8.20. The summed E-state index contributed by atoms with van der Waals surface area (Å²) in [6.45, 7) is 5.26. The number of benzene rings is 2. The molecular weight excluding hydrogens is 335 g/mol. The average Bonchev–Trinajstić information content (AvgIpc) is 2.97. The number of rotatable bonds is 4. The van der Waals surface area contributed by atoms with E-state index in [2.05, 4.69) is 5.16 Å². The van der Waals surface area contributed by atoms with Crippen molar-refractivity contribution in [1.29, 1.82) is 0 Å². The topological polar surface area (TPSA) is 66.6 Å². The number of aromatic nitrogens is 1. The SMILES string of the molecule is Cc1ccc(-c2onc(C)c2N(C(=O)O)C(C)c2ccccc2F)cc1. The zero-order valence-corrected chi connectivity index (χ0v) is 14.7. The van der Waals surface area contributed by atoms with Crippen LogP contribution in [0.2, 0.25) is 0 Å². The van der Waals surface area contributed by atoms with Crippen molar-refractivity contribution in [3.63, 3.8) is 0 Å². The first-order chi connectivity index (χ1) is 12.4. The zero-order chi connectivity index (χ0) is 18.8. The molecule has 1 N–H and O–H groups in total. The summed E-state index contributed by atoms with van der Waals surface area (Å²) < 4.78 is 19.6. The minimum absolute atomic E-state index is 0.283. The van der Waals surface area contributed by atoms with Gasteiger partial charge in [-0.25, -0.2) is 9.18 Å². The maximum absolute atomic E-state index is 14.2. The van der Waals surface area contributed by atoms with Crippen LogP contribution in [0.25, 0.3) is 11.3 Å². The van der Waals surface area contributed by atoms with E-state index < -0.39 is 18.0 Å². The van der Waals surface area contributed by atoms with Crippen molar-refractivity contribution in [3.8, 4) is 11.3 Å². The second kappa shape index (κ2) is 7.00. The van der Waals surface area contributed by atoms with Crippen LogP contribution in [0.5, 0.6) is 0 Å². The van der Waals surface area contributed by atoms with Crippen LogP contribution in [-0.4, -0.2) is 16.4 Å². The lowest BCUT2D eigenvalue weighted by molar-refractivity contribution is 0.199. The van der Waals surface area contributed by atoms with Gasteiger partial charge in [-0.2, -0.15) is 0 Å². The molecule has 134 valence electrons. The number of hydrogen-bond acceptors (Lipinski definition) is 3. The molecular formula is C20H19FN2O3. The smallest absolute Gasteiger partial charge is 0.412 e. The van der Waals surface area contributed by atoms with Gasteiger partial charge in [0.1, 0.15) is 17.2 Å². The zero-order valence-electron chi connectivity index (χ0n) is 14.7. The molecule has 3 rings (SSSR count). The third-order valence-electron chi connectivity index (χ3n) is 4.33. The second-order valence-corrected chi connectivity index (χ2v) is 6.16. The van der Waals surface area contributed by atoms with Crippen LogP contribution < -0.4 is 4.90 Å². The van der Waals surface area contributed by atoms with Gasteiger partial charge in [-0.1, -0.05) is 53.2 Å². The molecule has 1 heterocycles. The highest BCUT2D eigenvalue weighted by Crippen LogP contribution is 2.38.